The van der Waals surface area contributed by atoms with Crippen molar-refractivity contribution in [2.24, 2.45) is 0 Å². The van der Waals surface area contributed by atoms with Gasteiger partial charge in [-0.25, -0.2) is 4.79 Å². The average Bonchev–Trinajstić information content (AvgIpc) is 2.01. The minimum absolute atomic E-state index is 0.0640. The first kappa shape index (κ1) is 10.4. The lowest BCUT2D eigenvalue weighted by atomic mass is 10.3. The number of carboxylic acid groups (broad SMARTS) is 1. The van der Waals surface area contributed by atoms with Gasteiger partial charge in [-0.2, -0.15) is 4.98 Å². The number of hydrogen-bond donors (Lipinski definition) is 1. The zero-order valence-electron chi connectivity index (χ0n) is 8.15. The Morgan fingerprint density at radius 2 is 2.21 bits per heavy atom. The maximum atomic E-state index is 11.3. The highest BCUT2D eigenvalue weighted by molar-refractivity contribution is 5.66. The summed E-state index contributed by atoms with van der Waals surface area (Å²) in [6.07, 6.45) is -0.0640. The van der Waals surface area contributed by atoms with E-state index in [0.717, 1.165) is 5.69 Å². The van der Waals surface area contributed by atoms with Crippen LogP contribution in [0.25, 0.3) is 0 Å². The summed E-state index contributed by atoms with van der Waals surface area (Å²) >= 11 is 0. The first-order valence-corrected chi connectivity index (χ1v) is 4.27. The highest BCUT2D eigenvalue weighted by atomic mass is 16.4. The van der Waals surface area contributed by atoms with Crippen molar-refractivity contribution in [2.75, 3.05) is 0 Å². The second-order valence-corrected chi connectivity index (χ2v) is 3.12. The number of carboxylic acids is 1. The molecule has 0 saturated carbocycles. The van der Waals surface area contributed by atoms with Crippen LogP contribution in [0.3, 0.4) is 0 Å². The summed E-state index contributed by atoms with van der Waals surface area (Å²) < 4.78 is 1.36. The van der Waals surface area contributed by atoms with Crippen molar-refractivity contribution in [3.05, 3.63) is 27.9 Å². The maximum absolute atomic E-state index is 11.3. The number of aryl methyl sites for hydroxylation is 2. The predicted octanol–water partition coefficient (Wildman–Crippen LogP) is 0.335. The average molecular weight is 196 g/mol. The van der Waals surface area contributed by atoms with Crippen LogP contribution >= 0.6 is 0 Å². The molecule has 1 aromatic rings. The quantitative estimate of drug-likeness (QED) is 0.756. The minimum Gasteiger partial charge on any atom is -0.481 e. The standard InChI is InChI=1S/C9H12N2O3/c1-6-5-7(2)11(9(14)10-6)4-3-8(12)13/h5H,3-4H2,1-2H3,(H,12,13). The van der Waals surface area contributed by atoms with Crippen LogP contribution in [0.15, 0.2) is 10.9 Å². The van der Waals surface area contributed by atoms with Gasteiger partial charge < -0.3 is 5.11 Å². The van der Waals surface area contributed by atoms with Crippen molar-refractivity contribution < 1.29 is 9.90 Å². The molecule has 1 heterocycles. The summed E-state index contributed by atoms with van der Waals surface area (Å²) in [6, 6.07) is 1.75. The van der Waals surface area contributed by atoms with Gasteiger partial charge in [0.15, 0.2) is 0 Å². The number of nitrogens with zero attached hydrogens (tertiary/aromatic N) is 2. The third-order valence-electron chi connectivity index (χ3n) is 1.90. The van der Waals surface area contributed by atoms with Gasteiger partial charge in [0.2, 0.25) is 0 Å². The molecule has 0 aliphatic heterocycles. The van der Waals surface area contributed by atoms with Crippen molar-refractivity contribution >= 4 is 5.97 Å². The van der Waals surface area contributed by atoms with Crippen molar-refractivity contribution in [3.8, 4) is 0 Å². The van der Waals surface area contributed by atoms with Gasteiger partial charge >= 0.3 is 11.7 Å². The smallest absolute Gasteiger partial charge is 0.347 e. The zero-order chi connectivity index (χ0) is 10.7. The number of hydrogen-bond acceptors (Lipinski definition) is 3. The fraction of sp³-hybridized carbons (Fsp3) is 0.444. The summed E-state index contributed by atoms with van der Waals surface area (Å²) in [5.41, 5.74) is 1.01. The molecule has 0 aliphatic rings. The molecule has 1 N–H and O–H groups in total. The molecule has 0 aliphatic carbocycles. The Labute approximate surface area is 81.0 Å². The fourth-order valence-electron chi connectivity index (χ4n) is 1.25. The highest BCUT2D eigenvalue weighted by Crippen LogP contribution is 1.97. The Morgan fingerprint density at radius 3 is 2.71 bits per heavy atom. The normalized spacial score (nSPS) is 10.1. The molecule has 0 spiro atoms. The first-order chi connectivity index (χ1) is 6.50. The van der Waals surface area contributed by atoms with Crippen LogP contribution in [0, 0.1) is 13.8 Å². The Morgan fingerprint density at radius 1 is 1.57 bits per heavy atom. The second kappa shape index (κ2) is 4.04. The molecule has 76 valence electrons. The van der Waals surface area contributed by atoms with E-state index in [4.69, 9.17) is 5.11 Å². The number of aromatic nitrogens is 2. The van der Waals surface area contributed by atoms with Gasteiger partial charge in [-0.3, -0.25) is 9.36 Å². The molecule has 0 aromatic carbocycles. The Hall–Kier alpha value is -1.65. The molecule has 0 saturated heterocycles. The third-order valence-corrected chi connectivity index (χ3v) is 1.90. The maximum Gasteiger partial charge on any atom is 0.347 e. The molecule has 0 amide bonds. The molecule has 1 rings (SSSR count). The lowest BCUT2D eigenvalue weighted by molar-refractivity contribution is -0.137. The largest absolute Gasteiger partial charge is 0.481 e. The molecule has 1 aromatic heterocycles. The van der Waals surface area contributed by atoms with E-state index in [0.29, 0.717) is 5.69 Å². The van der Waals surface area contributed by atoms with Crippen LogP contribution in [0.5, 0.6) is 0 Å². The van der Waals surface area contributed by atoms with E-state index in [2.05, 4.69) is 4.98 Å². The number of aliphatic carboxylic acids is 1. The van der Waals surface area contributed by atoms with Gasteiger partial charge in [0, 0.05) is 17.9 Å². The van der Waals surface area contributed by atoms with Gasteiger partial charge in [0.05, 0.1) is 6.42 Å². The fourth-order valence-corrected chi connectivity index (χ4v) is 1.25. The summed E-state index contributed by atoms with van der Waals surface area (Å²) in [6.45, 7) is 3.67. The molecule has 0 unspecified atom stereocenters. The molecule has 0 atom stereocenters. The second-order valence-electron chi connectivity index (χ2n) is 3.12. The van der Waals surface area contributed by atoms with Gasteiger partial charge in [0.1, 0.15) is 0 Å². The van der Waals surface area contributed by atoms with Gasteiger partial charge in [-0.1, -0.05) is 0 Å². The van der Waals surface area contributed by atoms with Crippen molar-refractivity contribution in [2.45, 2.75) is 26.8 Å². The molecule has 0 fully saturated rings. The minimum atomic E-state index is -0.920. The van der Waals surface area contributed by atoms with Gasteiger partial charge in [0.25, 0.3) is 0 Å². The molecule has 14 heavy (non-hydrogen) atoms. The lowest BCUT2D eigenvalue weighted by Gasteiger charge is -2.07. The number of carbonyl (C=O) groups is 1. The van der Waals surface area contributed by atoms with Crippen LogP contribution in [-0.4, -0.2) is 20.6 Å². The van der Waals surface area contributed by atoms with Gasteiger partial charge in [-0.05, 0) is 19.9 Å². The molecule has 5 heteroatoms. The van der Waals surface area contributed by atoms with E-state index in [9.17, 15) is 9.59 Å². The van der Waals surface area contributed by atoms with E-state index < -0.39 is 5.97 Å². The van der Waals surface area contributed by atoms with Crippen molar-refractivity contribution in [1.29, 1.82) is 0 Å². The van der Waals surface area contributed by atoms with Crippen molar-refractivity contribution in [3.63, 3.8) is 0 Å². The Balaban J connectivity index is 2.97. The molecular weight excluding hydrogens is 184 g/mol. The lowest BCUT2D eigenvalue weighted by Crippen LogP contribution is -2.26. The van der Waals surface area contributed by atoms with Crippen LogP contribution in [0.2, 0.25) is 0 Å². The van der Waals surface area contributed by atoms with Crippen molar-refractivity contribution in [1.82, 2.24) is 9.55 Å². The van der Waals surface area contributed by atoms with E-state index in [-0.39, 0.29) is 18.7 Å². The van der Waals surface area contributed by atoms with Gasteiger partial charge in [-0.15, -0.1) is 0 Å². The Kier molecular flexibility index (Phi) is 3.01. The van der Waals surface area contributed by atoms with Crippen LogP contribution in [0.4, 0.5) is 0 Å². The monoisotopic (exact) mass is 196 g/mol. The number of rotatable bonds is 3. The molecule has 5 nitrogen and oxygen atoms in total. The summed E-state index contributed by atoms with van der Waals surface area (Å²) in [7, 11) is 0. The summed E-state index contributed by atoms with van der Waals surface area (Å²) in [5, 5.41) is 8.48. The molecule has 0 radical (unpaired) electrons. The third kappa shape index (κ3) is 2.42. The van der Waals surface area contributed by atoms with E-state index >= 15 is 0 Å². The SMILES string of the molecule is Cc1cc(C)n(CCC(=O)O)c(=O)n1. The van der Waals surface area contributed by atoms with Crippen LogP contribution < -0.4 is 5.69 Å². The summed E-state index contributed by atoms with van der Waals surface area (Å²) in [5.74, 6) is -0.920. The first-order valence-electron chi connectivity index (χ1n) is 4.27. The van der Waals surface area contributed by atoms with Crippen LogP contribution in [-0.2, 0) is 11.3 Å². The van der Waals surface area contributed by atoms with Crippen LogP contribution in [0.1, 0.15) is 17.8 Å². The van der Waals surface area contributed by atoms with E-state index in [1.807, 2.05) is 0 Å². The zero-order valence-corrected chi connectivity index (χ0v) is 8.15. The topological polar surface area (TPSA) is 72.2 Å². The molecule has 0 bridgehead atoms. The predicted molar refractivity (Wildman–Crippen MR) is 50.2 cm³/mol. The summed E-state index contributed by atoms with van der Waals surface area (Å²) in [4.78, 5) is 25.4. The van der Waals surface area contributed by atoms with E-state index in [1.165, 1.54) is 4.57 Å². The molecular formula is C9H12N2O3. The Bertz CT molecular complexity index is 409. The van der Waals surface area contributed by atoms with E-state index in [1.54, 1.807) is 19.9 Å². The highest BCUT2D eigenvalue weighted by Gasteiger charge is 2.04.